The Hall–Kier alpha value is -1.13. The second-order valence-electron chi connectivity index (χ2n) is 5.42. The zero-order valence-corrected chi connectivity index (χ0v) is 11.0. The molecule has 18 heavy (non-hydrogen) atoms. The SMILES string of the molecule is O=c1ccn(C2CC3CCN2CC3)c2ccsc12. The minimum atomic E-state index is 0.159. The van der Waals surface area contributed by atoms with E-state index in [-0.39, 0.29) is 5.43 Å². The summed E-state index contributed by atoms with van der Waals surface area (Å²) in [6, 6.07) is 3.81. The predicted octanol–water partition coefficient (Wildman–Crippen LogP) is 2.68. The summed E-state index contributed by atoms with van der Waals surface area (Å²) >= 11 is 1.56. The van der Waals surface area contributed by atoms with Gasteiger partial charge in [-0.2, -0.15) is 0 Å². The van der Waals surface area contributed by atoms with Gasteiger partial charge in [0.05, 0.1) is 16.4 Å². The third kappa shape index (κ3) is 1.49. The van der Waals surface area contributed by atoms with E-state index in [1.807, 2.05) is 11.6 Å². The van der Waals surface area contributed by atoms with E-state index in [4.69, 9.17) is 0 Å². The fourth-order valence-electron chi connectivity index (χ4n) is 3.48. The van der Waals surface area contributed by atoms with Crippen molar-refractivity contribution in [2.45, 2.75) is 25.4 Å². The van der Waals surface area contributed by atoms with Crippen LogP contribution >= 0.6 is 11.3 Å². The molecule has 1 unspecified atom stereocenters. The van der Waals surface area contributed by atoms with Gasteiger partial charge in [0.1, 0.15) is 0 Å². The highest BCUT2D eigenvalue weighted by atomic mass is 32.1. The van der Waals surface area contributed by atoms with Gasteiger partial charge in [-0.25, -0.2) is 0 Å². The molecule has 4 heteroatoms. The number of hydrogen-bond donors (Lipinski definition) is 0. The Kier molecular flexibility index (Phi) is 2.35. The molecule has 0 spiro atoms. The van der Waals surface area contributed by atoms with Gasteiger partial charge < -0.3 is 4.57 Å². The summed E-state index contributed by atoms with van der Waals surface area (Å²) in [5, 5.41) is 2.03. The van der Waals surface area contributed by atoms with Crippen LogP contribution < -0.4 is 5.43 Å². The third-order valence-electron chi connectivity index (χ3n) is 4.47. The number of pyridine rings is 1. The molecule has 2 aromatic rings. The summed E-state index contributed by atoms with van der Waals surface area (Å²) in [5.41, 5.74) is 1.28. The van der Waals surface area contributed by atoms with E-state index in [2.05, 4.69) is 15.5 Å². The summed E-state index contributed by atoms with van der Waals surface area (Å²) in [7, 11) is 0. The largest absolute Gasteiger partial charge is 0.330 e. The zero-order valence-electron chi connectivity index (χ0n) is 10.2. The molecule has 3 saturated heterocycles. The van der Waals surface area contributed by atoms with Crippen molar-refractivity contribution >= 4 is 21.6 Å². The van der Waals surface area contributed by atoms with Crippen molar-refractivity contribution in [3.63, 3.8) is 0 Å². The molecular weight excluding hydrogens is 244 g/mol. The molecular formula is C14H16N2OS. The predicted molar refractivity (Wildman–Crippen MR) is 74.0 cm³/mol. The Balaban J connectivity index is 1.85. The fourth-order valence-corrected chi connectivity index (χ4v) is 4.29. The van der Waals surface area contributed by atoms with Crippen molar-refractivity contribution in [3.8, 4) is 0 Å². The molecule has 2 bridgehead atoms. The molecule has 0 radical (unpaired) electrons. The summed E-state index contributed by atoms with van der Waals surface area (Å²) in [6.07, 6.45) is 6.40. The molecule has 0 aromatic carbocycles. The van der Waals surface area contributed by atoms with Crippen LogP contribution in [0.3, 0.4) is 0 Å². The van der Waals surface area contributed by atoms with Gasteiger partial charge in [-0.15, -0.1) is 11.3 Å². The number of hydrogen-bond acceptors (Lipinski definition) is 3. The monoisotopic (exact) mass is 260 g/mol. The van der Waals surface area contributed by atoms with Gasteiger partial charge in [0.15, 0.2) is 5.43 Å². The average molecular weight is 260 g/mol. The Morgan fingerprint density at radius 3 is 2.78 bits per heavy atom. The second-order valence-corrected chi connectivity index (χ2v) is 6.33. The normalized spacial score (nSPS) is 31.0. The maximum Gasteiger partial charge on any atom is 0.199 e. The lowest BCUT2D eigenvalue weighted by molar-refractivity contribution is 0.0120. The first kappa shape index (κ1) is 10.8. The van der Waals surface area contributed by atoms with Gasteiger partial charge in [0, 0.05) is 25.4 Å². The number of fused-ring (bicyclic) bond motifs is 4. The first-order chi connectivity index (χ1) is 8.83. The molecule has 5 heterocycles. The van der Waals surface area contributed by atoms with Crippen molar-refractivity contribution in [1.29, 1.82) is 0 Å². The topological polar surface area (TPSA) is 25.2 Å². The Bertz CT molecular complexity index is 637. The summed E-state index contributed by atoms with van der Waals surface area (Å²) in [6.45, 7) is 2.43. The second kappa shape index (κ2) is 3.93. The van der Waals surface area contributed by atoms with Gasteiger partial charge in [-0.05, 0) is 36.6 Å². The number of thiophene rings is 1. The lowest BCUT2D eigenvalue weighted by Gasteiger charge is -2.46. The molecule has 0 amide bonds. The van der Waals surface area contributed by atoms with Crippen LogP contribution in [0, 0.1) is 5.92 Å². The minimum absolute atomic E-state index is 0.159. The molecule has 3 aliphatic rings. The van der Waals surface area contributed by atoms with E-state index in [1.54, 1.807) is 17.4 Å². The lowest BCUT2D eigenvalue weighted by atomic mass is 9.86. The van der Waals surface area contributed by atoms with Crippen molar-refractivity contribution in [1.82, 2.24) is 9.47 Å². The maximum absolute atomic E-state index is 11.8. The van der Waals surface area contributed by atoms with Crippen molar-refractivity contribution in [2.75, 3.05) is 13.1 Å². The lowest BCUT2D eigenvalue weighted by Crippen LogP contribution is -2.46. The third-order valence-corrected chi connectivity index (χ3v) is 5.39. The molecule has 0 aliphatic carbocycles. The molecule has 94 valence electrons. The summed E-state index contributed by atoms with van der Waals surface area (Å²) < 4.78 is 3.22. The van der Waals surface area contributed by atoms with Crippen LogP contribution in [0.4, 0.5) is 0 Å². The van der Waals surface area contributed by atoms with Crippen molar-refractivity contribution in [3.05, 3.63) is 33.9 Å². The van der Waals surface area contributed by atoms with E-state index in [0.29, 0.717) is 6.17 Å². The molecule has 1 atom stereocenters. The van der Waals surface area contributed by atoms with Crippen LogP contribution in [0.25, 0.3) is 10.2 Å². The Morgan fingerprint density at radius 1 is 1.22 bits per heavy atom. The molecule has 2 aromatic heterocycles. The van der Waals surface area contributed by atoms with Gasteiger partial charge in [-0.3, -0.25) is 9.69 Å². The van der Waals surface area contributed by atoms with Crippen molar-refractivity contribution in [2.24, 2.45) is 5.92 Å². The first-order valence-corrected chi connectivity index (χ1v) is 7.53. The summed E-state index contributed by atoms with van der Waals surface area (Å²) in [5.74, 6) is 0.883. The molecule has 0 N–H and O–H groups in total. The van der Waals surface area contributed by atoms with E-state index in [0.717, 1.165) is 16.1 Å². The zero-order chi connectivity index (χ0) is 12.1. The Labute approximate surface area is 110 Å². The molecule has 3 aliphatic heterocycles. The van der Waals surface area contributed by atoms with E-state index in [9.17, 15) is 4.79 Å². The molecule has 5 rings (SSSR count). The van der Waals surface area contributed by atoms with Gasteiger partial charge in [0.25, 0.3) is 0 Å². The summed E-state index contributed by atoms with van der Waals surface area (Å²) in [4.78, 5) is 14.4. The number of piperidine rings is 3. The first-order valence-electron chi connectivity index (χ1n) is 6.65. The quantitative estimate of drug-likeness (QED) is 0.787. The van der Waals surface area contributed by atoms with Crippen LogP contribution in [-0.2, 0) is 0 Å². The van der Waals surface area contributed by atoms with E-state index in [1.165, 1.54) is 32.4 Å². The number of aromatic nitrogens is 1. The molecule has 3 nitrogen and oxygen atoms in total. The van der Waals surface area contributed by atoms with Crippen LogP contribution in [0.2, 0.25) is 0 Å². The maximum atomic E-state index is 11.8. The molecule has 3 fully saturated rings. The minimum Gasteiger partial charge on any atom is -0.330 e. The highest BCUT2D eigenvalue weighted by Gasteiger charge is 2.34. The number of nitrogens with zero attached hydrogens (tertiary/aromatic N) is 2. The van der Waals surface area contributed by atoms with Crippen LogP contribution in [0.15, 0.2) is 28.5 Å². The van der Waals surface area contributed by atoms with E-state index >= 15 is 0 Å². The van der Waals surface area contributed by atoms with Gasteiger partial charge >= 0.3 is 0 Å². The number of rotatable bonds is 1. The highest BCUT2D eigenvalue weighted by molar-refractivity contribution is 7.17. The highest BCUT2D eigenvalue weighted by Crippen LogP contribution is 2.38. The van der Waals surface area contributed by atoms with Crippen LogP contribution in [0.1, 0.15) is 25.4 Å². The van der Waals surface area contributed by atoms with Crippen molar-refractivity contribution < 1.29 is 0 Å². The Morgan fingerprint density at radius 2 is 2.06 bits per heavy atom. The van der Waals surface area contributed by atoms with Crippen LogP contribution in [-0.4, -0.2) is 22.6 Å². The average Bonchev–Trinajstić information content (AvgIpc) is 2.91. The van der Waals surface area contributed by atoms with Gasteiger partial charge in [0.2, 0.25) is 0 Å². The fraction of sp³-hybridized carbons (Fsp3) is 0.500. The smallest absolute Gasteiger partial charge is 0.199 e. The molecule has 0 saturated carbocycles. The van der Waals surface area contributed by atoms with Gasteiger partial charge in [-0.1, -0.05) is 0 Å². The standard InChI is InChI=1S/C14H16N2OS/c17-12-3-7-16(11-4-8-18-14(11)12)13-9-10-1-5-15(13)6-2-10/h3-4,7-8,10,13H,1-2,5-6,9H2. The van der Waals surface area contributed by atoms with Crippen LogP contribution in [0.5, 0.6) is 0 Å². The van der Waals surface area contributed by atoms with E-state index < -0.39 is 0 Å².